The van der Waals surface area contributed by atoms with Crippen LogP contribution in [0.1, 0.15) is 36.8 Å². The van der Waals surface area contributed by atoms with Gasteiger partial charge in [-0.05, 0) is 73.7 Å². The highest BCUT2D eigenvalue weighted by atomic mass is 35.5. The third kappa shape index (κ3) is 5.89. The molecule has 5 nitrogen and oxygen atoms in total. The van der Waals surface area contributed by atoms with Crippen LogP contribution in [0.25, 0.3) is 0 Å². The molecule has 1 fully saturated rings. The van der Waals surface area contributed by atoms with Crippen LogP contribution in [0.4, 0.5) is 0 Å². The van der Waals surface area contributed by atoms with Gasteiger partial charge < -0.3 is 14.8 Å². The molecule has 2 aromatic rings. The smallest absolute Gasteiger partial charge is 0.220 e. The Morgan fingerprint density at radius 2 is 1.83 bits per heavy atom. The first kappa shape index (κ1) is 21.0. The number of benzene rings is 2. The molecule has 0 aromatic heterocycles. The third-order valence-corrected chi connectivity index (χ3v) is 6.11. The number of nitrogens with zero attached hydrogens (tertiary/aromatic N) is 1. The minimum Gasteiger partial charge on any atom is -0.486 e. The largest absolute Gasteiger partial charge is 0.486 e. The number of rotatable bonds is 7. The minimum atomic E-state index is 0.119. The number of amides is 1. The quantitative estimate of drug-likeness (QED) is 0.709. The van der Waals surface area contributed by atoms with Gasteiger partial charge in [-0.1, -0.05) is 29.8 Å². The molecule has 30 heavy (non-hydrogen) atoms. The molecule has 0 radical (unpaired) electrons. The first-order valence-electron chi connectivity index (χ1n) is 10.8. The van der Waals surface area contributed by atoms with Crippen molar-refractivity contribution in [2.75, 3.05) is 26.3 Å². The number of hydrogen-bond donors (Lipinski definition) is 1. The van der Waals surface area contributed by atoms with Crippen molar-refractivity contribution in [3.8, 4) is 11.5 Å². The van der Waals surface area contributed by atoms with Gasteiger partial charge in [0.05, 0.1) is 0 Å². The zero-order chi connectivity index (χ0) is 20.8. The van der Waals surface area contributed by atoms with Gasteiger partial charge in [-0.2, -0.15) is 0 Å². The topological polar surface area (TPSA) is 50.8 Å². The van der Waals surface area contributed by atoms with Crippen molar-refractivity contribution in [2.24, 2.45) is 5.92 Å². The van der Waals surface area contributed by atoms with Gasteiger partial charge in [0.2, 0.25) is 5.91 Å². The highest BCUT2D eigenvalue weighted by Gasteiger charge is 2.21. The van der Waals surface area contributed by atoms with Crippen LogP contribution < -0.4 is 14.8 Å². The first-order valence-corrected chi connectivity index (χ1v) is 11.2. The summed E-state index contributed by atoms with van der Waals surface area (Å²) >= 11 is 5.99. The SMILES string of the molecule is O=C(CCC1CCN(Cc2ccc3c(c2)OCCO3)CC1)NCc1cccc(Cl)c1. The fraction of sp³-hybridized carbons (Fsp3) is 0.458. The van der Waals surface area contributed by atoms with Crippen molar-refractivity contribution in [3.63, 3.8) is 0 Å². The van der Waals surface area contributed by atoms with Gasteiger partial charge in [0.25, 0.3) is 0 Å². The second kappa shape index (κ2) is 10.2. The van der Waals surface area contributed by atoms with Gasteiger partial charge in [0.15, 0.2) is 11.5 Å². The number of carbonyl (C=O) groups excluding carboxylic acids is 1. The Morgan fingerprint density at radius 1 is 1.03 bits per heavy atom. The summed E-state index contributed by atoms with van der Waals surface area (Å²) in [5.74, 6) is 2.45. The van der Waals surface area contributed by atoms with Crippen LogP contribution in [0, 0.1) is 5.92 Å². The van der Waals surface area contributed by atoms with Crippen LogP contribution in [-0.4, -0.2) is 37.1 Å². The summed E-state index contributed by atoms with van der Waals surface area (Å²) in [5.41, 5.74) is 2.29. The summed E-state index contributed by atoms with van der Waals surface area (Å²) in [6.45, 7) is 4.86. The van der Waals surface area contributed by atoms with Gasteiger partial charge in [-0.15, -0.1) is 0 Å². The van der Waals surface area contributed by atoms with E-state index in [2.05, 4.69) is 22.3 Å². The van der Waals surface area contributed by atoms with E-state index < -0.39 is 0 Å². The Kier molecular flexibility index (Phi) is 7.13. The van der Waals surface area contributed by atoms with Gasteiger partial charge >= 0.3 is 0 Å². The number of ether oxygens (including phenoxy) is 2. The molecular weight excluding hydrogens is 400 g/mol. The predicted octanol–water partition coefficient (Wildman–Crippen LogP) is 4.42. The molecule has 0 spiro atoms. The Labute approximate surface area is 183 Å². The number of carbonyl (C=O) groups is 1. The van der Waals surface area contributed by atoms with Crippen LogP contribution >= 0.6 is 11.6 Å². The molecule has 4 rings (SSSR count). The fourth-order valence-corrected chi connectivity index (χ4v) is 4.36. The molecule has 0 bridgehead atoms. The van der Waals surface area contributed by atoms with E-state index in [9.17, 15) is 4.79 Å². The molecule has 0 aliphatic carbocycles. The summed E-state index contributed by atoms with van der Waals surface area (Å²) in [6.07, 6.45) is 3.84. The number of piperidine rings is 1. The zero-order valence-electron chi connectivity index (χ0n) is 17.2. The Hall–Kier alpha value is -2.24. The minimum absolute atomic E-state index is 0.119. The van der Waals surface area contributed by atoms with E-state index in [1.807, 2.05) is 30.3 Å². The summed E-state index contributed by atoms with van der Waals surface area (Å²) in [4.78, 5) is 14.7. The molecule has 1 N–H and O–H groups in total. The van der Waals surface area contributed by atoms with E-state index in [-0.39, 0.29) is 5.91 Å². The van der Waals surface area contributed by atoms with Crippen LogP contribution in [0.5, 0.6) is 11.5 Å². The van der Waals surface area contributed by atoms with E-state index in [4.69, 9.17) is 21.1 Å². The lowest BCUT2D eigenvalue weighted by atomic mass is 9.92. The van der Waals surface area contributed by atoms with Crippen LogP contribution in [0.15, 0.2) is 42.5 Å². The summed E-state index contributed by atoms with van der Waals surface area (Å²) < 4.78 is 11.3. The highest BCUT2D eigenvalue weighted by molar-refractivity contribution is 6.30. The molecule has 2 heterocycles. The second-order valence-corrected chi connectivity index (χ2v) is 8.58. The van der Waals surface area contributed by atoms with Crippen molar-refractivity contribution in [1.82, 2.24) is 10.2 Å². The van der Waals surface area contributed by atoms with Crippen LogP contribution in [0.3, 0.4) is 0 Å². The molecule has 0 unspecified atom stereocenters. The van der Waals surface area contributed by atoms with Crippen molar-refractivity contribution in [3.05, 3.63) is 58.6 Å². The van der Waals surface area contributed by atoms with Gasteiger partial charge in [0, 0.05) is 24.5 Å². The Balaban J connectivity index is 1.15. The normalized spacial score (nSPS) is 17.0. The van der Waals surface area contributed by atoms with Crippen LogP contribution in [0.2, 0.25) is 5.02 Å². The summed E-state index contributed by atoms with van der Waals surface area (Å²) in [5, 5.41) is 3.70. The first-order chi connectivity index (χ1) is 14.7. The summed E-state index contributed by atoms with van der Waals surface area (Å²) in [6, 6.07) is 13.9. The maximum absolute atomic E-state index is 12.2. The van der Waals surface area contributed by atoms with Crippen molar-refractivity contribution in [1.29, 1.82) is 0 Å². The van der Waals surface area contributed by atoms with Gasteiger partial charge in [-0.25, -0.2) is 0 Å². The molecule has 6 heteroatoms. The molecule has 1 saturated heterocycles. The zero-order valence-corrected chi connectivity index (χ0v) is 18.0. The van der Waals surface area contributed by atoms with E-state index in [0.29, 0.717) is 37.1 Å². The molecular formula is C24H29ClN2O3. The summed E-state index contributed by atoms with van der Waals surface area (Å²) in [7, 11) is 0. The maximum atomic E-state index is 12.2. The maximum Gasteiger partial charge on any atom is 0.220 e. The lowest BCUT2D eigenvalue weighted by Crippen LogP contribution is -2.33. The van der Waals surface area contributed by atoms with E-state index in [1.54, 1.807) is 0 Å². The number of fused-ring (bicyclic) bond motifs is 1. The highest BCUT2D eigenvalue weighted by Crippen LogP contribution is 2.31. The number of halogens is 1. The standard InChI is InChI=1S/C24H29ClN2O3/c25-21-3-1-2-19(14-21)16-26-24(28)7-5-18-8-10-27(11-9-18)17-20-4-6-22-23(15-20)30-13-12-29-22/h1-4,6,14-15,18H,5,7-13,16-17H2,(H,26,28). The molecule has 2 aliphatic heterocycles. The Morgan fingerprint density at radius 3 is 2.63 bits per heavy atom. The van der Waals surface area contributed by atoms with Crippen molar-refractivity contribution >= 4 is 17.5 Å². The number of nitrogens with one attached hydrogen (secondary N) is 1. The number of likely N-dealkylation sites (tertiary alicyclic amines) is 1. The predicted molar refractivity (Wildman–Crippen MR) is 118 cm³/mol. The average Bonchev–Trinajstić information content (AvgIpc) is 2.77. The molecule has 1 amide bonds. The van der Waals surface area contributed by atoms with Crippen molar-refractivity contribution < 1.29 is 14.3 Å². The molecule has 0 atom stereocenters. The molecule has 2 aromatic carbocycles. The van der Waals surface area contributed by atoms with E-state index in [1.165, 1.54) is 5.56 Å². The monoisotopic (exact) mass is 428 g/mol. The Bertz CT molecular complexity index is 865. The molecule has 2 aliphatic rings. The van der Waals surface area contributed by atoms with Crippen LogP contribution in [-0.2, 0) is 17.9 Å². The lowest BCUT2D eigenvalue weighted by Gasteiger charge is -2.32. The lowest BCUT2D eigenvalue weighted by molar-refractivity contribution is -0.121. The van der Waals surface area contributed by atoms with Gasteiger partial charge in [-0.3, -0.25) is 9.69 Å². The average molecular weight is 429 g/mol. The molecule has 160 valence electrons. The second-order valence-electron chi connectivity index (χ2n) is 8.14. The van der Waals surface area contributed by atoms with Gasteiger partial charge in [0.1, 0.15) is 13.2 Å². The van der Waals surface area contributed by atoms with E-state index >= 15 is 0 Å². The van der Waals surface area contributed by atoms with Crippen molar-refractivity contribution in [2.45, 2.75) is 38.8 Å². The third-order valence-electron chi connectivity index (χ3n) is 5.88. The van der Waals surface area contributed by atoms with E-state index in [0.717, 1.165) is 56.0 Å². The molecule has 0 saturated carbocycles. The number of hydrogen-bond acceptors (Lipinski definition) is 4. The fourth-order valence-electron chi connectivity index (χ4n) is 4.15.